The van der Waals surface area contributed by atoms with Crippen LogP contribution in [0.25, 0.3) is 11.2 Å². The number of terminal acetylenes is 1. The van der Waals surface area contributed by atoms with Gasteiger partial charge in [-0.05, 0) is 6.42 Å². The molecule has 0 fully saturated rings. The summed E-state index contributed by atoms with van der Waals surface area (Å²) in [7, 11) is 1.29. The molecule has 248 valence electrons. The van der Waals surface area contributed by atoms with Crippen molar-refractivity contribution in [1.82, 2.24) is 19.5 Å². The van der Waals surface area contributed by atoms with Gasteiger partial charge in [-0.25, -0.2) is 9.78 Å². The van der Waals surface area contributed by atoms with Gasteiger partial charge in [0.25, 0.3) is 0 Å². The van der Waals surface area contributed by atoms with Crippen LogP contribution in [0.4, 0.5) is 15.0 Å². The van der Waals surface area contributed by atoms with Gasteiger partial charge in [0.05, 0.1) is 26.1 Å². The highest BCUT2D eigenvalue weighted by atomic mass is 19.1. The Labute approximate surface area is 262 Å². The molecule has 2 atom stereocenters. The lowest BCUT2D eigenvalue weighted by atomic mass is 9.98. The molecular weight excluding hydrogens is 565 g/mol. The quantitative estimate of drug-likeness (QED) is 0.0515. The number of aliphatic hydroxyl groups is 1. The number of fused-ring (bicyclic) bond motifs is 1. The molecule has 0 saturated heterocycles. The van der Waals surface area contributed by atoms with Gasteiger partial charge < -0.3 is 29.6 Å². The number of carbonyl (C=O) groups is 1. The molecule has 0 spiro atoms. The number of aliphatic hydroxyl groups excluding tert-OH is 1. The van der Waals surface area contributed by atoms with Gasteiger partial charge in [-0.2, -0.15) is 14.4 Å². The van der Waals surface area contributed by atoms with Crippen molar-refractivity contribution in [2.24, 2.45) is 0 Å². The zero-order valence-electron chi connectivity index (χ0n) is 26.9. The summed E-state index contributed by atoms with van der Waals surface area (Å²) in [6.07, 6.45) is 26.7. The molecule has 0 amide bonds. The van der Waals surface area contributed by atoms with Gasteiger partial charge in [0.2, 0.25) is 0 Å². The largest absolute Gasteiger partial charge is 0.508 e. The zero-order chi connectivity index (χ0) is 32.0. The molecule has 0 radical (unpaired) electrons. The molecule has 0 aliphatic rings. The number of nitrogen functional groups attached to an aromatic ring is 1. The Balaban J connectivity index is 1.61. The number of ether oxygens (including phenoxy) is 3. The number of imidazole rings is 1. The predicted molar refractivity (Wildman–Crippen MR) is 170 cm³/mol. The Morgan fingerprint density at radius 2 is 1.50 bits per heavy atom. The minimum absolute atomic E-state index is 0.0794. The molecule has 2 rings (SSSR count). The van der Waals surface area contributed by atoms with Gasteiger partial charge in [-0.1, -0.05) is 122 Å². The minimum atomic E-state index is -1.68. The molecule has 0 aliphatic heterocycles. The second kappa shape index (κ2) is 21.7. The van der Waals surface area contributed by atoms with Crippen LogP contribution < -0.4 is 5.73 Å². The van der Waals surface area contributed by atoms with Crippen molar-refractivity contribution in [3.8, 4) is 12.3 Å². The monoisotopic (exact) mass is 619 g/mol. The fourth-order valence-corrected chi connectivity index (χ4v) is 5.34. The van der Waals surface area contributed by atoms with Gasteiger partial charge in [0.15, 0.2) is 23.2 Å². The van der Waals surface area contributed by atoms with Crippen molar-refractivity contribution in [1.29, 1.82) is 0 Å². The molecule has 2 aromatic heterocycles. The number of hydrogen-bond acceptors (Lipinski definition) is 9. The van der Waals surface area contributed by atoms with Crippen LogP contribution in [-0.2, 0) is 20.8 Å². The fraction of sp³-hybridized carbons (Fsp3) is 0.758. The number of hydrogen-bond donors (Lipinski definition) is 2. The zero-order valence-corrected chi connectivity index (χ0v) is 26.9. The van der Waals surface area contributed by atoms with Gasteiger partial charge >= 0.3 is 12.2 Å². The topological polar surface area (TPSA) is 135 Å². The van der Waals surface area contributed by atoms with Gasteiger partial charge in [-0.15, -0.1) is 6.42 Å². The molecule has 10 nitrogen and oxygen atoms in total. The first kappa shape index (κ1) is 37.2. The van der Waals surface area contributed by atoms with E-state index in [-0.39, 0.29) is 30.1 Å². The van der Waals surface area contributed by atoms with E-state index in [1.807, 2.05) is 0 Å². The standard InChI is InChI=1S/C33H54FN5O5/c1-4-6-7-8-9-10-11-12-13-14-15-16-17-18-19-20-21-22-23-43-32(41)44-27(33(5-2,25-40)42-3)24-39-26-36-28-29(35)37-31(34)38-30(28)39/h2,26-27,40H,4,6-25H2,1,3H3,(H2,35,37,38)/t27-,33?/m0/s1. The van der Waals surface area contributed by atoms with Crippen molar-refractivity contribution in [2.75, 3.05) is 26.1 Å². The molecular formula is C33H54FN5O5. The Morgan fingerprint density at radius 3 is 1.98 bits per heavy atom. The number of anilines is 1. The summed E-state index contributed by atoms with van der Waals surface area (Å²) < 4.78 is 31.3. The van der Waals surface area contributed by atoms with Crippen LogP contribution in [0, 0.1) is 18.4 Å². The van der Waals surface area contributed by atoms with Crippen LogP contribution in [-0.4, -0.2) is 62.8 Å². The molecule has 3 N–H and O–H groups in total. The predicted octanol–water partition coefficient (Wildman–Crippen LogP) is 7.12. The van der Waals surface area contributed by atoms with Crippen molar-refractivity contribution in [2.45, 2.75) is 141 Å². The average Bonchev–Trinajstić information content (AvgIpc) is 3.42. The Morgan fingerprint density at radius 1 is 0.977 bits per heavy atom. The van der Waals surface area contributed by atoms with Crippen molar-refractivity contribution >= 4 is 23.1 Å². The second-order valence-corrected chi connectivity index (χ2v) is 11.6. The van der Waals surface area contributed by atoms with Crippen LogP contribution in [0.1, 0.15) is 122 Å². The fourth-order valence-electron chi connectivity index (χ4n) is 5.34. The van der Waals surface area contributed by atoms with Crippen LogP contribution >= 0.6 is 0 Å². The summed E-state index contributed by atoms with van der Waals surface area (Å²) in [4.78, 5) is 23.8. The van der Waals surface area contributed by atoms with Crippen molar-refractivity contribution in [3.63, 3.8) is 0 Å². The lowest BCUT2D eigenvalue weighted by Crippen LogP contribution is -2.50. The molecule has 2 aromatic rings. The molecule has 0 bridgehead atoms. The molecule has 0 aliphatic carbocycles. The lowest BCUT2D eigenvalue weighted by molar-refractivity contribution is -0.110. The number of rotatable bonds is 25. The number of halogens is 1. The third kappa shape index (κ3) is 12.9. The van der Waals surface area contributed by atoms with Crippen LogP contribution in [0.5, 0.6) is 0 Å². The summed E-state index contributed by atoms with van der Waals surface area (Å²) in [5.74, 6) is 2.23. The Kier molecular flexibility index (Phi) is 18.3. The van der Waals surface area contributed by atoms with Crippen molar-refractivity contribution in [3.05, 3.63) is 12.4 Å². The number of carbonyl (C=O) groups excluding carboxylic acids is 1. The molecule has 0 saturated carbocycles. The molecule has 0 aromatic carbocycles. The summed E-state index contributed by atoms with van der Waals surface area (Å²) in [6, 6.07) is 0. The van der Waals surface area contributed by atoms with E-state index in [0.29, 0.717) is 6.42 Å². The number of nitrogens with two attached hydrogens (primary N) is 1. The summed E-state index contributed by atoms with van der Waals surface area (Å²) in [5, 5.41) is 10.0. The summed E-state index contributed by atoms with van der Waals surface area (Å²) >= 11 is 0. The number of nitrogens with zero attached hydrogens (tertiary/aromatic N) is 4. The average molecular weight is 620 g/mol. The first-order valence-corrected chi connectivity index (χ1v) is 16.5. The normalized spacial score (nSPS) is 13.4. The lowest BCUT2D eigenvalue weighted by Gasteiger charge is -2.33. The van der Waals surface area contributed by atoms with E-state index in [1.165, 1.54) is 114 Å². The minimum Gasteiger partial charge on any atom is -0.434 e. The van der Waals surface area contributed by atoms with Crippen molar-refractivity contribution < 1.29 is 28.5 Å². The van der Waals surface area contributed by atoms with Crippen LogP contribution in [0.3, 0.4) is 0 Å². The van der Waals surface area contributed by atoms with E-state index in [2.05, 4.69) is 27.8 Å². The first-order valence-electron chi connectivity index (χ1n) is 16.5. The Hall–Kier alpha value is -2.97. The van der Waals surface area contributed by atoms with E-state index >= 15 is 0 Å². The third-order valence-electron chi connectivity index (χ3n) is 8.15. The van der Waals surface area contributed by atoms with Gasteiger partial charge in [0, 0.05) is 7.11 Å². The van der Waals surface area contributed by atoms with Crippen LogP contribution in [0.2, 0.25) is 0 Å². The Bertz CT molecular complexity index is 1120. The molecule has 44 heavy (non-hydrogen) atoms. The number of aromatic nitrogens is 4. The highest BCUT2D eigenvalue weighted by Crippen LogP contribution is 2.23. The molecule has 11 heteroatoms. The molecule has 2 heterocycles. The van der Waals surface area contributed by atoms with Crippen LogP contribution in [0.15, 0.2) is 6.33 Å². The smallest absolute Gasteiger partial charge is 0.434 e. The second-order valence-electron chi connectivity index (χ2n) is 11.6. The number of methoxy groups -OCH3 is 1. The van der Waals surface area contributed by atoms with Gasteiger partial charge in [0.1, 0.15) is 5.52 Å². The maximum Gasteiger partial charge on any atom is 0.508 e. The third-order valence-corrected chi connectivity index (χ3v) is 8.15. The van der Waals surface area contributed by atoms with E-state index < -0.39 is 30.5 Å². The first-order chi connectivity index (χ1) is 21.4. The van der Waals surface area contributed by atoms with E-state index in [4.69, 9.17) is 26.4 Å². The maximum absolute atomic E-state index is 13.8. The van der Waals surface area contributed by atoms with E-state index in [1.54, 1.807) is 0 Å². The molecule has 1 unspecified atom stereocenters. The SMILES string of the molecule is C#CC(CO)(OC)[C@H](Cn1cnc2c(N)nc(F)nc21)OC(=O)OCCCCCCCCCCCCCCCCCCCC. The highest BCUT2D eigenvalue weighted by Gasteiger charge is 2.41. The summed E-state index contributed by atoms with van der Waals surface area (Å²) in [5.41, 5.74) is 4.31. The highest BCUT2D eigenvalue weighted by molar-refractivity contribution is 5.81. The number of unbranched alkanes of at least 4 members (excludes halogenated alkanes) is 17. The summed E-state index contributed by atoms with van der Waals surface area (Å²) in [6.45, 7) is 1.66. The van der Waals surface area contributed by atoms with E-state index in [9.17, 15) is 14.3 Å². The maximum atomic E-state index is 13.8. The van der Waals surface area contributed by atoms with Gasteiger partial charge in [-0.3, -0.25) is 0 Å². The van der Waals surface area contributed by atoms with E-state index in [0.717, 1.165) is 12.8 Å².